The molecule has 32 heavy (non-hydrogen) atoms. The number of anilines is 1. The van der Waals surface area contributed by atoms with Gasteiger partial charge in [-0.25, -0.2) is 4.79 Å². The van der Waals surface area contributed by atoms with Gasteiger partial charge in [-0.05, 0) is 72.1 Å². The molecule has 0 saturated carbocycles. The number of ether oxygens (including phenoxy) is 1. The van der Waals surface area contributed by atoms with Crippen molar-refractivity contribution in [3.8, 4) is 6.07 Å². The molecule has 2 atom stereocenters. The summed E-state index contributed by atoms with van der Waals surface area (Å²) in [5.74, 6) is -0.0883. The second-order valence-electron chi connectivity index (χ2n) is 8.06. The van der Waals surface area contributed by atoms with Crippen LogP contribution in [0.4, 0.5) is 9.80 Å². The molecule has 1 aliphatic carbocycles. The minimum Gasteiger partial charge on any atom is -0.449 e. The Morgan fingerprint density at radius 3 is 3.03 bits per heavy atom. The summed E-state index contributed by atoms with van der Waals surface area (Å²) in [6.07, 6.45) is 6.81. The van der Waals surface area contributed by atoms with Crippen molar-refractivity contribution in [2.75, 3.05) is 25.1 Å². The first-order valence-electron chi connectivity index (χ1n) is 10.7. The average Bonchev–Trinajstić information content (AvgIpc) is 3.55. The van der Waals surface area contributed by atoms with E-state index in [2.05, 4.69) is 11.4 Å². The van der Waals surface area contributed by atoms with Crippen molar-refractivity contribution in [3.63, 3.8) is 0 Å². The van der Waals surface area contributed by atoms with Gasteiger partial charge in [0, 0.05) is 17.5 Å². The van der Waals surface area contributed by atoms with Crippen LogP contribution in [0, 0.1) is 17.2 Å². The lowest BCUT2D eigenvalue weighted by Crippen LogP contribution is -2.38. The van der Waals surface area contributed by atoms with E-state index < -0.39 is 0 Å². The van der Waals surface area contributed by atoms with Crippen LogP contribution in [-0.2, 0) is 22.4 Å². The highest BCUT2D eigenvalue weighted by molar-refractivity contribution is 7.16. The summed E-state index contributed by atoms with van der Waals surface area (Å²) >= 11 is 3.00. The summed E-state index contributed by atoms with van der Waals surface area (Å²) in [5.41, 5.74) is 2.51. The molecule has 4 rings (SSSR count). The van der Waals surface area contributed by atoms with Crippen LogP contribution in [0.2, 0.25) is 0 Å². The molecule has 3 heterocycles. The zero-order valence-electron chi connectivity index (χ0n) is 17.6. The first-order valence-corrected chi connectivity index (χ1v) is 12.4. The number of carbonyl (C=O) groups is 2. The Bertz CT molecular complexity index is 1040. The molecule has 1 aliphatic heterocycles. The predicted octanol–water partition coefficient (Wildman–Crippen LogP) is 4.03. The van der Waals surface area contributed by atoms with Crippen LogP contribution < -0.4 is 5.32 Å². The minimum absolute atomic E-state index is 0.0367. The number of hydrogen-bond donors (Lipinski definition) is 2. The van der Waals surface area contributed by atoms with E-state index in [1.54, 1.807) is 22.3 Å². The molecule has 2 amide bonds. The molecule has 9 heteroatoms. The lowest BCUT2D eigenvalue weighted by atomic mass is 9.88. The third-order valence-corrected chi connectivity index (χ3v) is 7.82. The molecule has 2 unspecified atom stereocenters. The SMILES string of the molecule is N#Cc1c(NC(=O)C=Cc2ccsc2)sc2c1CCC(COC(=O)N1CCCC1CO)C2. The van der Waals surface area contributed by atoms with Gasteiger partial charge in [-0.15, -0.1) is 11.3 Å². The molecule has 7 nitrogen and oxygen atoms in total. The molecular formula is C23H25N3O4S2. The molecule has 2 aliphatic rings. The smallest absolute Gasteiger partial charge is 0.410 e. The number of rotatable bonds is 6. The average molecular weight is 472 g/mol. The van der Waals surface area contributed by atoms with Crippen LogP contribution in [-0.4, -0.2) is 47.8 Å². The number of nitrogens with zero attached hydrogens (tertiary/aromatic N) is 2. The number of carbonyl (C=O) groups excluding carboxylic acids is 2. The number of aliphatic hydroxyl groups excluding tert-OH is 1. The van der Waals surface area contributed by atoms with Gasteiger partial charge in [0.05, 0.1) is 24.8 Å². The highest BCUT2D eigenvalue weighted by Crippen LogP contribution is 2.39. The van der Waals surface area contributed by atoms with Crippen molar-refractivity contribution in [3.05, 3.63) is 44.5 Å². The van der Waals surface area contributed by atoms with Gasteiger partial charge in [0.2, 0.25) is 5.91 Å². The van der Waals surface area contributed by atoms with Crippen molar-refractivity contribution in [2.24, 2.45) is 5.92 Å². The van der Waals surface area contributed by atoms with Gasteiger partial charge >= 0.3 is 6.09 Å². The number of likely N-dealkylation sites (tertiary alicyclic amines) is 1. The van der Waals surface area contributed by atoms with Crippen LogP contribution in [0.3, 0.4) is 0 Å². The van der Waals surface area contributed by atoms with E-state index in [-0.39, 0.29) is 30.6 Å². The lowest BCUT2D eigenvalue weighted by Gasteiger charge is -2.25. The number of nitriles is 1. The van der Waals surface area contributed by atoms with Gasteiger partial charge in [-0.3, -0.25) is 4.79 Å². The molecule has 0 spiro atoms. The fourth-order valence-electron chi connectivity index (χ4n) is 4.24. The lowest BCUT2D eigenvalue weighted by molar-refractivity contribution is -0.111. The third kappa shape index (κ3) is 5.04. The number of fused-ring (bicyclic) bond motifs is 1. The van der Waals surface area contributed by atoms with Gasteiger partial charge < -0.3 is 20.1 Å². The second kappa shape index (κ2) is 10.3. The van der Waals surface area contributed by atoms with Gasteiger partial charge in [0.15, 0.2) is 0 Å². The Morgan fingerprint density at radius 2 is 2.28 bits per heavy atom. The first-order chi connectivity index (χ1) is 15.6. The second-order valence-corrected chi connectivity index (χ2v) is 9.94. The van der Waals surface area contributed by atoms with Crippen LogP contribution in [0.15, 0.2) is 22.9 Å². The summed E-state index contributed by atoms with van der Waals surface area (Å²) in [6, 6.07) is 4.04. The van der Waals surface area contributed by atoms with E-state index in [9.17, 15) is 20.0 Å². The van der Waals surface area contributed by atoms with Crippen molar-refractivity contribution in [1.82, 2.24) is 4.90 Å². The first kappa shape index (κ1) is 22.5. The van der Waals surface area contributed by atoms with Gasteiger partial charge in [-0.2, -0.15) is 16.6 Å². The highest BCUT2D eigenvalue weighted by Gasteiger charge is 2.31. The molecule has 2 aromatic heterocycles. The fourth-order valence-corrected chi connectivity index (χ4v) is 6.18. The number of aliphatic hydroxyl groups is 1. The standard InChI is InChI=1S/C23H25N3O4S2/c24-11-19-18-5-3-16(13-30-23(29)26-8-1-2-17(26)12-27)10-20(18)32-22(19)25-21(28)6-4-15-7-9-31-14-15/h4,6-7,9,14,16-17,27H,1-3,5,8,10,12-13H2,(H,25,28). The summed E-state index contributed by atoms with van der Waals surface area (Å²) in [6.45, 7) is 0.905. The van der Waals surface area contributed by atoms with Gasteiger partial charge in [0.25, 0.3) is 0 Å². The number of hydrogen-bond acceptors (Lipinski definition) is 7. The van der Waals surface area contributed by atoms with E-state index in [0.717, 1.165) is 41.7 Å². The number of thiophene rings is 2. The minimum atomic E-state index is -0.360. The van der Waals surface area contributed by atoms with E-state index in [0.29, 0.717) is 30.1 Å². The van der Waals surface area contributed by atoms with Crippen LogP contribution in [0.1, 0.15) is 40.8 Å². The monoisotopic (exact) mass is 471 g/mol. The Morgan fingerprint density at radius 1 is 1.41 bits per heavy atom. The third-order valence-electron chi connectivity index (χ3n) is 5.95. The predicted molar refractivity (Wildman–Crippen MR) is 125 cm³/mol. The fraction of sp³-hybridized carbons (Fsp3) is 0.435. The van der Waals surface area contributed by atoms with Crippen molar-refractivity contribution in [1.29, 1.82) is 5.26 Å². The maximum Gasteiger partial charge on any atom is 0.410 e. The normalized spacial score (nSPS) is 20.2. The summed E-state index contributed by atoms with van der Waals surface area (Å²) in [4.78, 5) is 27.4. The maximum absolute atomic E-state index is 12.4. The molecule has 1 fully saturated rings. The zero-order chi connectivity index (χ0) is 22.5. The number of amides is 2. The van der Waals surface area contributed by atoms with Crippen molar-refractivity contribution < 1.29 is 19.4 Å². The molecule has 0 aromatic carbocycles. The highest BCUT2D eigenvalue weighted by atomic mass is 32.1. The summed E-state index contributed by atoms with van der Waals surface area (Å²) in [7, 11) is 0. The Labute approximate surface area is 194 Å². The molecule has 168 valence electrons. The Balaban J connectivity index is 1.36. The van der Waals surface area contributed by atoms with Crippen molar-refractivity contribution >= 4 is 45.8 Å². The van der Waals surface area contributed by atoms with E-state index >= 15 is 0 Å². The molecule has 2 aromatic rings. The quantitative estimate of drug-likeness (QED) is 0.619. The Hall–Kier alpha value is -2.67. The molecule has 0 radical (unpaired) electrons. The van der Waals surface area contributed by atoms with Gasteiger partial charge in [-0.1, -0.05) is 0 Å². The Kier molecular flexibility index (Phi) is 7.25. The van der Waals surface area contributed by atoms with Crippen LogP contribution >= 0.6 is 22.7 Å². The van der Waals surface area contributed by atoms with Crippen LogP contribution in [0.5, 0.6) is 0 Å². The van der Waals surface area contributed by atoms with Crippen molar-refractivity contribution in [2.45, 2.75) is 38.1 Å². The van der Waals surface area contributed by atoms with E-state index in [4.69, 9.17) is 4.74 Å². The topological polar surface area (TPSA) is 103 Å². The van der Waals surface area contributed by atoms with E-state index in [1.807, 2.05) is 16.8 Å². The largest absolute Gasteiger partial charge is 0.449 e. The zero-order valence-corrected chi connectivity index (χ0v) is 19.2. The van der Waals surface area contributed by atoms with Gasteiger partial charge in [0.1, 0.15) is 11.1 Å². The molecular weight excluding hydrogens is 446 g/mol. The maximum atomic E-state index is 12.4. The summed E-state index contributed by atoms with van der Waals surface area (Å²) < 4.78 is 5.55. The molecule has 0 bridgehead atoms. The summed E-state index contributed by atoms with van der Waals surface area (Å²) in [5, 5.41) is 26.4. The van der Waals surface area contributed by atoms with E-state index in [1.165, 1.54) is 17.4 Å². The molecule has 1 saturated heterocycles. The molecule has 2 N–H and O–H groups in total. The number of nitrogens with one attached hydrogen (secondary N) is 1. The van der Waals surface area contributed by atoms with Crippen LogP contribution in [0.25, 0.3) is 6.08 Å².